The number of esters is 1. The zero-order chi connectivity index (χ0) is 21.8. The van der Waals surface area contributed by atoms with Crippen LogP contribution in [-0.4, -0.2) is 29.3 Å². The van der Waals surface area contributed by atoms with E-state index in [4.69, 9.17) is 4.74 Å². The number of nitro benzene ring substituents is 1. The number of ether oxygens (including phenoxy) is 1. The van der Waals surface area contributed by atoms with Gasteiger partial charge in [0.05, 0.1) is 10.5 Å². The monoisotopic (exact) mass is 431 g/mol. The molecule has 0 spiro atoms. The van der Waals surface area contributed by atoms with Gasteiger partial charge in [-0.25, -0.2) is 4.79 Å². The van der Waals surface area contributed by atoms with Crippen LogP contribution in [0.4, 0.5) is 16.4 Å². The summed E-state index contributed by atoms with van der Waals surface area (Å²) in [5, 5.41) is 16.6. The first-order chi connectivity index (χ1) is 14.3. The first-order valence-corrected chi connectivity index (χ1v) is 10.2. The molecule has 1 aromatic carbocycles. The third-order valence-electron chi connectivity index (χ3n) is 4.69. The molecule has 30 heavy (non-hydrogen) atoms. The summed E-state index contributed by atoms with van der Waals surface area (Å²) in [6, 6.07) is 4.31. The number of carbonyl (C=O) groups is 3. The number of rotatable bonds is 6. The molecule has 2 amide bonds. The Morgan fingerprint density at radius 2 is 1.93 bits per heavy atom. The largest absolute Gasteiger partial charge is 0.452 e. The summed E-state index contributed by atoms with van der Waals surface area (Å²) in [6.07, 6.45) is 3.52. The van der Waals surface area contributed by atoms with Crippen molar-refractivity contribution >= 4 is 45.5 Å². The zero-order valence-electron chi connectivity index (χ0n) is 16.6. The van der Waals surface area contributed by atoms with Gasteiger partial charge in [0.25, 0.3) is 11.6 Å². The van der Waals surface area contributed by atoms with Crippen LogP contribution in [0.3, 0.4) is 0 Å². The van der Waals surface area contributed by atoms with Gasteiger partial charge in [-0.05, 0) is 44.2 Å². The Bertz CT molecular complexity index is 1030. The lowest BCUT2D eigenvalue weighted by molar-refractivity contribution is -0.385. The molecule has 1 aliphatic carbocycles. The van der Waals surface area contributed by atoms with E-state index in [0.29, 0.717) is 16.1 Å². The minimum atomic E-state index is -0.678. The molecular weight excluding hydrogens is 410 g/mol. The van der Waals surface area contributed by atoms with Crippen LogP contribution in [0.5, 0.6) is 0 Å². The molecule has 0 saturated heterocycles. The molecule has 0 bridgehead atoms. The maximum atomic E-state index is 12.7. The highest BCUT2D eigenvalue weighted by Crippen LogP contribution is 2.38. The average Bonchev–Trinajstić information content (AvgIpc) is 3.04. The summed E-state index contributed by atoms with van der Waals surface area (Å²) in [4.78, 5) is 47.9. The molecule has 0 saturated carbocycles. The van der Waals surface area contributed by atoms with Crippen molar-refractivity contribution in [2.45, 2.75) is 39.5 Å². The van der Waals surface area contributed by atoms with Crippen LogP contribution in [0.25, 0.3) is 0 Å². The van der Waals surface area contributed by atoms with Crippen molar-refractivity contribution in [3.05, 3.63) is 49.9 Å². The van der Waals surface area contributed by atoms with Crippen LogP contribution in [0.2, 0.25) is 0 Å². The van der Waals surface area contributed by atoms with E-state index in [2.05, 4.69) is 10.6 Å². The Hall–Kier alpha value is -3.27. The molecule has 0 atom stereocenters. The van der Waals surface area contributed by atoms with Crippen LogP contribution in [0.15, 0.2) is 18.2 Å². The molecule has 0 radical (unpaired) electrons. The molecule has 2 aromatic rings. The molecule has 1 aliphatic rings. The first kappa shape index (κ1) is 21.4. The van der Waals surface area contributed by atoms with E-state index in [0.717, 1.165) is 36.1 Å². The van der Waals surface area contributed by atoms with Crippen molar-refractivity contribution in [2.75, 3.05) is 17.2 Å². The van der Waals surface area contributed by atoms with Crippen molar-refractivity contribution in [3.8, 4) is 0 Å². The molecule has 0 fully saturated rings. The third kappa shape index (κ3) is 4.82. The molecule has 10 heteroatoms. The number of amides is 2. The van der Waals surface area contributed by atoms with Gasteiger partial charge < -0.3 is 15.4 Å². The van der Waals surface area contributed by atoms with E-state index in [9.17, 15) is 24.5 Å². The minimum Gasteiger partial charge on any atom is -0.452 e. The molecule has 1 aromatic heterocycles. The quantitative estimate of drug-likeness (QED) is 0.409. The number of fused-ring (bicyclic) bond motifs is 1. The number of nitro groups is 1. The second kappa shape index (κ2) is 9.04. The number of benzene rings is 1. The second-order valence-corrected chi connectivity index (χ2v) is 8.08. The fraction of sp³-hybridized carbons (Fsp3) is 0.350. The van der Waals surface area contributed by atoms with E-state index < -0.39 is 23.4 Å². The van der Waals surface area contributed by atoms with Gasteiger partial charge in [-0.2, -0.15) is 0 Å². The number of hydrogen-bond donors (Lipinski definition) is 2. The van der Waals surface area contributed by atoms with Gasteiger partial charge in [0, 0.05) is 29.1 Å². The second-order valence-electron chi connectivity index (χ2n) is 6.98. The molecule has 0 unspecified atom stereocenters. The fourth-order valence-electron chi connectivity index (χ4n) is 3.31. The molecule has 0 aliphatic heterocycles. The molecule has 3 rings (SSSR count). The summed E-state index contributed by atoms with van der Waals surface area (Å²) in [5.74, 6) is -1.59. The number of aryl methyl sites for hydroxylation is 2. The van der Waals surface area contributed by atoms with E-state index in [1.165, 1.54) is 36.5 Å². The van der Waals surface area contributed by atoms with Gasteiger partial charge in [-0.3, -0.25) is 19.7 Å². The van der Waals surface area contributed by atoms with Crippen molar-refractivity contribution < 1.29 is 24.0 Å². The number of carbonyl (C=O) groups excluding carboxylic acids is 3. The summed E-state index contributed by atoms with van der Waals surface area (Å²) < 4.78 is 5.18. The Kier molecular flexibility index (Phi) is 6.46. The Morgan fingerprint density at radius 1 is 1.20 bits per heavy atom. The predicted octanol–water partition coefficient (Wildman–Crippen LogP) is 3.60. The summed E-state index contributed by atoms with van der Waals surface area (Å²) in [6.45, 7) is 2.41. The van der Waals surface area contributed by atoms with E-state index in [1.54, 1.807) is 6.92 Å². The average molecular weight is 431 g/mol. The van der Waals surface area contributed by atoms with Crippen molar-refractivity contribution in [2.24, 2.45) is 0 Å². The van der Waals surface area contributed by atoms with E-state index in [-0.39, 0.29) is 17.3 Å². The molecule has 1 heterocycles. The van der Waals surface area contributed by atoms with Gasteiger partial charge in [-0.15, -0.1) is 11.3 Å². The standard InChI is InChI=1S/C20H21N3O6S/c1-11-7-8-13(9-15(11)23(27)28)22-17(25)10-29-20(26)18-14-5-3-4-6-16(14)30-19(18)21-12(2)24/h7-9H,3-6,10H2,1-2H3,(H,21,24)(H,22,25). The first-order valence-electron chi connectivity index (χ1n) is 9.40. The topological polar surface area (TPSA) is 128 Å². The lowest BCUT2D eigenvalue weighted by atomic mass is 9.95. The van der Waals surface area contributed by atoms with Crippen LogP contribution >= 0.6 is 11.3 Å². The van der Waals surface area contributed by atoms with Gasteiger partial charge in [0.1, 0.15) is 5.00 Å². The van der Waals surface area contributed by atoms with Crippen molar-refractivity contribution in [1.29, 1.82) is 0 Å². The van der Waals surface area contributed by atoms with Crippen LogP contribution in [0.1, 0.15) is 46.1 Å². The number of hydrogen-bond acceptors (Lipinski definition) is 7. The Morgan fingerprint density at radius 3 is 2.63 bits per heavy atom. The maximum Gasteiger partial charge on any atom is 0.341 e. The third-order valence-corrected chi connectivity index (χ3v) is 5.90. The highest BCUT2D eigenvalue weighted by molar-refractivity contribution is 7.17. The van der Waals surface area contributed by atoms with E-state index in [1.807, 2.05) is 0 Å². The van der Waals surface area contributed by atoms with Gasteiger partial charge in [0.2, 0.25) is 5.91 Å². The van der Waals surface area contributed by atoms with Gasteiger partial charge >= 0.3 is 5.97 Å². The van der Waals surface area contributed by atoms with Crippen LogP contribution < -0.4 is 10.6 Å². The van der Waals surface area contributed by atoms with Gasteiger partial charge in [0.15, 0.2) is 6.61 Å². The summed E-state index contributed by atoms with van der Waals surface area (Å²) in [5.41, 5.74) is 1.77. The van der Waals surface area contributed by atoms with E-state index >= 15 is 0 Å². The molecular formula is C20H21N3O6S. The Balaban J connectivity index is 1.69. The zero-order valence-corrected chi connectivity index (χ0v) is 17.4. The maximum absolute atomic E-state index is 12.7. The number of nitrogens with one attached hydrogen (secondary N) is 2. The molecule has 158 valence electrons. The summed E-state index contributed by atoms with van der Waals surface area (Å²) in [7, 11) is 0. The number of anilines is 2. The Labute approximate surface area is 176 Å². The lowest BCUT2D eigenvalue weighted by Crippen LogP contribution is -2.22. The number of thiophene rings is 1. The molecule has 2 N–H and O–H groups in total. The van der Waals surface area contributed by atoms with Gasteiger partial charge in [-0.1, -0.05) is 6.07 Å². The smallest absolute Gasteiger partial charge is 0.341 e. The van der Waals surface area contributed by atoms with Crippen molar-refractivity contribution in [3.63, 3.8) is 0 Å². The normalized spacial score (nSPS) is 12.6. The minimum absolute atomic E-state index is 0.116. The fourth-order valence-corrected chi connectivity index (χ4v) is 4.64. The van der Waals surface area contributed by atoms with Crippen molar-refractivity contribution in [1.82, 2.24) is 0 Å². The van der Waals surface area contributed by atoms with Crippen LogP contribution in [-0.2, 0) is 27.2 Å². The summed E-state index contributed by atoms with van der Waals surface area (Å²) >= 11 is 1.36. The lowest BCUT2D eigenvalue weighted by Gasteiger charge is -2.13. The predicted molar refractivity (Wildman–Crippen MR) is 112 cm³/mol. The SMILES string of the molecule is CC(=O)Nc1sc2c(c1C(=O)OCC(=O)Nc1ccc(C)c([N+](=O)[O-])c1)CCCC2. The highest BCUT2D eigenvalue weighted by Gasteiger charge is 2.27. The molecule has 9 nitrogen and oxygen atoms in total. The number of nitrogens with zero attached hydrogens (tertiary/aromatic N) is 1. The highest BCUT2D eigenvalue weighted by atomic mass is 32.1. The van der Waals surface area contributed by atoms with Crippen LogP contribution in [0, 0.1) is 17.0 Å².